The number of anilines is 1. The fraction of sp³-hybridized carbons (Fsp3) is 0. The van der Waals surface area contributed by atoms with Crippen LogP contribution in [0.25, 0.3) is 0 Å². The topological polar surface area (TPSA) is 97.5 Å². The summed E-state index contributed by atoms with van der Waals surface area (Å²) in [5, 5.41) is 4.19. The molecule has 0 radical (unpaired) electrons. The second kappa shape index (κ2) is 4.61. The minimum absolute atomic E-state index is 0.138. The van der Waals surface area contributed by atoms with Gasteiger partial charge in [0.25, 0.3) is 11.8 Å². The van der Waals surface area contributed by atoms with Crippen LogP contribution in [0.3, 0.4) is 0 Å². The zero-order valence-electron chi connectivity index (χ0n) is 9.13. The predicted molar refractivity (Wildman–Crippen MR) is 69.0 cm³/mol. The van der Waals surface area contributed by atoms with Crippen molar-refractivity contribution < 1.29 is 18.0 Å². The Hall–Kier alpha value is -1.41. The molecular weight excluding hydrogens is 315 g/mol. The lowest BCUT2D eigenvalue weighted by Gasteiger charge is -2.14. The van der Waals surface area contributed by atoms with Gasteiger partial charge in [-0.15, -0.1) is 0 Å². The molecule has 0 bridgehead atoms. The molecule has 100 valence electrons. The van der Waals surface area contributed by atoms with Crippen LogP contribution >= 0.6 is 23.2 Å². The van der Waals surface area contributed by atoms with Crippen LogP contribution in [0.5, 0.6) is 0 Å². The van der Waals surface area contributed by atoms with Crippen LogP contribution in [-0.2, 0) is 19.6 Å². The Kier molecular flexibility index (Phi) is 3.40. The van der Waals surface area contributed by atoms with Crippen molar-refractivity contribution in [2.45, 2.75) is 4.90 Å². The van der Waals surface area contributed by atoms with Gasteiger partial charge in [0.1, 0.15) is 10.1 Å². The van der Waals surface area contributed by atoms with E-state index in [1.54, 1.807) is 0 Å². The number of sulfonamides is 1. The van der Waals surface area contributed by atoms with E-state index in [2.05, 4.69) is 0 Å². The molecule has 1 heterocycles. The molecule has 2 rings (SSSR count). The molecule has 0 unspecified atom stereocenters. The minimum Gasteiger partial charge on any atom is -0.267 e. The van der Waals surface area contributed by atoms with Gasteiger partial charge in [-0.05, 0) is 24.3 Å². The largest absolute Gasteiger partial charge is 0.278 e. The van der Waals surface area contributed by atoms with Gasteiger partial charge in [-0.1, -0.05) is 23.2 Å². The summed E-state index contributed by atoms with van der Waals surface area (Å²) in [4.78, 5) is 24.0. The zero-order valence-corrected chi connectivity index (χ0v) is 11.5. The molecule has 1 aromatic carbocycles. The first-order valence-corrected chi connectivity index (χ1v) is 7.10. The number of nitrogens with zero attached hydrogens (tertiary/aromatic N) is 1. The minimum atomic E-state index is -3.84. The first-order chi connectivity index (χ1) is 8.73. The summed E-state index contributed by atoms with van der Waals surface area (Å²) in [5.74, 6) is -1.53. The highest BCUT2D eigenvalue weighted by atomic mass is 35.5. The Balaban J connectivity index is 2.41. The fourth-order valence-corrected chi connectivity index (χ4v) is 2.34. The van der Waals surface area contributed by atoms with Crippen LogP contribution in [0.15, 0.2) is 39.2 Å². The maximum atomic E-state index is 11.7. The van der Waals surface area contributed by atoms with Gasteiger partial charge >= 0.3 is 0 Å². The number of imide groups is 1. The third-order valence-corrected chi connectivity index (χ3v) is 4.13. The standard InChI is InChI=1S/C10H6Cl2N2O4S/c11-7-8(12)10(16)14(9(7)15)5-1-3-6(4-2-5)19(13,17)18/h1-4H,(H2,13,17,18). The second-order valence-corrected chi connectivity index (χ2v) is 5.93. The zero-order chi connectivity index (χ0) is 14.4. The Morgan fingerprint density at radius 1 is 0.947 bits per heavy atom. The highest BCUT2D eigenvalue weighted by Gasteiger charge is 2.37. The van der Waals surface area contributed by atoms with Gasteiger partial charge in [0, 0.05) is 0 Å². The Morgan fingerprint density at radius 2 is 1.37 bits per heavy atom. The summed E-state index contributed by atoms with van der Waals surface area (Å²) in [6.07, 6.45) is 0. The SMILES string of the molecule is NS(=O)(=O)c1ccc(N2C(=O)C(Cl)=C(Cl)C2=O)cc1. The molecule has 6 nitrogen and oxygen atoms in total. The van der Waals surface area contributed by atoms with E-state index in [4.69, 9.17) is 28.3 Å². The maximum Gasteiger partial charge on any atom is 0.278 e. The van der Waals surface area contributed by atoms with E-state index in [0.29, 0.717) is 0 Å². The summed E-state index contributed by atoms with van der Waals surface area (Å²) in [6.45, 7) is 0. The van der Waals surface area contributed by atoms with Crippen molar-refractivity contribution in [2.24, 2.45) is 5.14 Å². The van der Waals surface area contributed by atoms with Crippen LogP contribution in [-0.4, -0.2) is 20.2 Å². The van der Waals surface area contributed by atoms with Crippen molar-refractivity contribution in [2.75, 3.05) is 4.90 Å². The number of hydrogen-bond donors (Lipinski definition) is 1. The Labute approximate surface area is 118 Å². The molecule has 0 aliphatic carbocycles. The molecular formula is C10H6Cl2N2O4S. The molecule has 1 aliphatic heterocycles. The van der Waals surface area contributed by atoms with Crippen LogP contribution in [0.4, 0.5) is 5.69 Å². The van der Waals surface area contributed by atoms with Crippen molar-refractivity contribution in [1.82, 2.24) is 0 Å². The smallest absolute Gasteiger partial charge is 0.267 e. The molecule has 0 saturated heterocycles. The van der Waals surface area contributed by atoms with Crippen molar-refractivity contribution >= 4 is 50.7 Å². The van der Waals surface area contributed by atoms with E-state index in [1.807, 2.05) is 0 Å². The molecule has 2 N–H and O–H groups in total. The molecule has 0 saturated carbocycles. The highest BCUT2D eigenvalue weighted by Crippen LogP contribution is 2.31. The van der Waals surface area contributed by atoms with Gasteiger partial charge in [0.05, 0.1) is 10.6 Å². The lowest BCUT2D eigenvalue weighted by Crippen LogP contribution is -2.30. The van der Waals surface area contributed by atoms with Crippen molar-refractivity contribution in [3.63, 3.8) is 0 Å². The molecule has 19 heavy (non-hydrogen) atoms. The lowest BCUT2D eigenvalue weighted by molar-refractivity contribution is -0.120. The van der Waals surface area contributed by atoms with Crippen LogP contribution in [0.2, 0.25) is 0 Å². The third kappa shape index (κ3) is 2.37. The number of hydrogen-bond acceptors (Lipinski definition) is 4. The summed E-state index contributed by atoms with van der Waals surface area (Å²) >= 11 is 11.2. The monoisotopic (exact) mass is 320 g/mol. The number of amides is 2. The summed E-state index contributed by atoms with van der Waals surface area (Å²) in [6, 6.07) is 4.86. The van der Waals surface area contributed by atoms with Crippen LogP contribution in [0.1, 0.15) is 0 Å². The average molecular weight is 321 g/mol. The van der Waals surface area contributed by atoms with Crippen LogP contribution in [0, 0.1) is 0 Å². The van der Waals surface area contributed by atoms with Crippen molar-refractivity contribution in [1.29, 1.82) is 0 Å². The van der Waals surface area contributed by atoms with Gasteiger partial charge in [0.2, 0.25) is 10.0 Å². The van der Waals surface area contributed by atoms with Gasteiger partial charge in [-0.3, -0.25) is 9.59 Å². The number of carbonyl (C=O) groups is 2. The highest BCUT2D eigenvalue weighted by molar-refractivity contribution is 7.89. The first-order valence-electron chi connectivity index (χ1n) is 4.80. The molecule has 2 amide bonds. The Bertz CT molecular complexity index is 686. The molecule has 0 spiro atoms. The molecule has 0 fully saturated rings. The summed E-state index contributed by atoms with van der Waals surface area (Å²) in [5.41, 5.74) is 0.149. The Morgan fingerprint density at radius 3 is 1.74 bits per heavy atom. The van der Waals surface area contributed by atoms with Gasteiger partial charge in [0.15, 0.2) is 0 Å². The number of carbonyl (C=O) groups excluding carboxylic acids is 2. The first kappa shape index (κ1) is 14.0. The number of benzene rings is 1. The molecule has 0 atom stereocenters. The van der Waals surface area contributed by atoms with E-state index < -0.39 is 21.8 Å². The van der Waals surface area contributed by atoms with Crippen LogP contribution < -0.4 is 10.0 Å². The van der Waals surface area contributed by atoms with Gasteiger partial charge < -0.3 is 0 Å². The number of rotatable bonds is 2. The average Bonchev–Trinajstić information content (AvgIpc) is 2.53. The van der Waals surface area contributed by atoms with E-state index in [1.165, 1.54) is 24.3 Å². The maximum absolute atomic E-state index is 11.7. The molecule has 1 aliphatic rings. The van der Waals surface area contributed by atoms with E-state index >= 15 is 0 Å². The number of halogens is 2. The lowest BCUT2D eigenvalue weighted by atomic mass is 10.3. The van der Waals surface area contributed by atoms with E-state index in [9.17, 15) is 18.0 Å². The molecule has 9 heteroatoms. The summed E-state index contributed by atoms with van der Waals surface area (Å²) < 4.78 is 22.2. The van der Waals surface area contributed by atoms with E-state index in [0.717, 1.165) is 4.90 Å². The second-order valence-electron chi connectivity index (χ2n) is 3.61. The van der Waals surface area contributed by atoms with Crippen molar-refractivity contribution in [3.05, 3.63) is 34.3 Å². The normalized spacial score (nSPS) is 16.5. The van der Waals surface area contributed by atoms with E-state index in [-0.39, 0.29) is 20.6 Å². The van der Waals surface area contributed by atoms with Crippen molar-refractivity contribution in [3.8, 4) is 0 Å². The number of primary sulfonamides is 1. The molecule has 0 aromatic heterocycles. The summed E-state index contributed by atoms with van der Waals surface area (Å²) in [7, 11) is -3.84. The quantitative estimate of drug-likeness (QED) is 0.818. The van der Waals surface area contributed by atoms with Gasteiger partial charge in [-0.2, -0.15) is 0 Å². The predicted octanol–water partition coefficient (Wildman–Crippen LogP) is 0.896. The van der Waals surface area contributed by atoms with Gasteiger partial charge in [-0.25, -0.2) is 18.5 Å². The molecule has 1 aromatic rings. The fourth-order valence-electron chi connectivity index (χ4n) is 1.50. The third-order valence-electron chi connectivity index (χ3n) is 2.40. The number of nitrogens with two attached hydrogens (primary N) is 1.